The topological polar surface area (TPSA) is 35.5 Å². The molecule has 18 heavy (non-hydrogen) atoms. The van der Waals surface area contributed by atoms with Gasteiger partial charge in [0.05, 0.1) is 0 Å². The van der Waals surface area contributed by atoms with Crippen LogP contribution in [-0.2, 0) is 14.3 Å². The standard InChI is InChI=1S/C15H28O3/c1-15(17-2,18-3)13-11-9-7-5-4-6-8-10-12-14-16/h4,6,14H,5,7-13H2,1-3H3/b6-4-. The average molecular weight is 256 g/mol. The molecule has 0 spiro atoms. The highest BCUT2D eigenvalue weighted by Crippen LogP contribution is 2.19. The summed E-state index contributed by atoms with van der Waals surface area (Å²) < 4.78 is 10.6. The van der Waals surface area contributed by atoms with Crippen molar-refractivity contribution in [2.24, 2.45) is 0 Å². The Morgan fingerprint density at radius 2 is 1.50 bits per heavy atom. The number of carbonyl (C=O) groups is 1. The third-order valence-electron chi connectivity index (χ3n) is 3.22. The van der Waals surface area contributed by atoms with Crippen LogP contribution in [0, 0.1) is 0 Å². The molecule has 0 unspecified atom stereocenters. The molecule has 0 bridgehead atoms. The van der Waals surface area contributed by atoms with Crippen LogP contribution in [0.4, 0.5) is 0 Å². The number of unbranched alkanes of at least 4 members (excludes halogenated alkanes) is 5. The number of aldehydes is 1. The van der Waals surface area contributed by atoms with E-state index in [1.807, 2.05) is 6.92 Å². The Morgan fingerprint density at radius 3 is 2.06 bits per heavy atom. The molecule has 0 heterocycles. The monoisotopic (exact) mass is 256 g/mol. The van der Waals surface area contributed by atoms with Crippen LogP contribution in [-0.4, -0.2) is 26.3 Å². The first-order chi connectivity index (χ1) is 8.68. The van der Waals surface area contributed by atoms with Crippen molar-refractivity contribution in [2.45, 2.75) is 64.1 Å². The number of ether oxygens (including phenoxy) is 2. The van der Waals surface area contributed by atoms with Gasteiger partial charge in [-0.15, -0.1) is 0 Å². The first-order valence-electron chi connectivity index (χ1n) is 6.87. The summed E-state index contributed by atoms with van der Waals surface area (Å²) >= 11 is 0. The second-order valence-electron chi connectivity index (χ2n) is 4.71. The van der Waals surface area contributed by atoms with Crippen molar-refractivity contribution in [3.05, 3.63) is 12.2 Å². The van der Waals surface area contributed by atoms with Crippen LogP contribution in [0.3, 0.4) is 0 Å². The van der Waals surface area contributed by atoms with E-state index in [4.69, 9.17) is 9.47 Å². The summed E-state index contributed by atoms with van der Waals surface area (Å²) in [5, 5.41) is 0. The summed E-state index contributed by atoms with van der Waals surface area (Å²) in [7, 11) is 3.37. The minimum absolute atomic E-state index is 0.426. The van der Waals surface area contributed by atoms with Gasteiger partial charge in [0.1, 0.15) is 6.29 Å². The van der Waals surface area contributed by atoms with Gasteiger partial charge >= 0.3 is 0 Å². The van der Waals surface area contributed by atoms with Crippen LogP contribution in [0.25, 0.3) is 0 Å². The Kier molecular flexibility index (Phi) is 11.0. The smallest absolute Gasteiger partial charge is 0.164 e. The third kappa shape index (κ3) is 9.37. The van der Waals surface area contributed by atoms with Crippen LogP contribution >= 0.6 is 0 Å². The van der Waals surface area contributed by atoms with Gasteiger partial charge in [0, 0.05) is 27.1 Å². The molecule has 106 valence electrons. The Hall–Kier alpha value is -0.670. The molecule has 0 aromatic heterocycles. The van der Waals surface area contributed by atoms with Crippen molar-refractivity contribution in [1.29, 1.82) is 0 Å². The second-order valence-corrected chi connectivity index (χ2v) is 4.71. The number of hydrogen-bond donors (Lipinski definition) is 0. The summed E-state index contributed by atoms with van der Waals surface area (Å²) in [6, 6.07) is 0. The van der Waals surface area contributed by atoms with Crippen molar-refractivity contribution >= 4 is 6.29 Å². The fourth-order valence-corrected chi connectivity index (χ4v) is 1.73. The summed E-state index contributed by atoms with van der Waals surface area (Å²) in [6.07, 6.45) is 13.6. The molecule has 3 heteroatoms. The molecular formula is C15H28O3. The van der Waals surface area contributed by atoms with E-state index in [0.29, 0.717) is 6.42 Å². The van der Waals surface area contributed by atoms with Crippen LogP contribution in [0.2, 0.25) is 0 Å². The Morgan fingerprint density at radius 1 is 0.889 bits per heavy atom. The summed E-state index contributed by atoms with van der Waals surface area (Å²) in [5.74, 6) is -0.426. The molecular weight excluding hydrogens is 228 g/mol. The lowest BCUT2D eigenvalue weighted by Gasteiger charge is -2.26. The Bertz CT molecular complexity index is 220. The number of carbonyl (C=O) groups excluding carboxylic acids is 1. The van der Waals surface area contributed by atoms with Gasteiger partial charge in [-0.2, -0.15) is 0 Å². The van der Waals surface area contributed by atoms with E-state index in [2.05, 4.69) is 12.2 Å². The van der Waals surface area contributed by atoms with Gasteiger partial charge in [0.25, 0.3) is 0 Å². The molecule has 0 N–H and O–H groups in total. The van der Waals surface area contributed by atoms with Crippen molar-refractivity contribution in [3.63, 3.8) is 0 Å². The van der Waals surface area contributed by atoms with Gasteiger partial charge in [-0.05, 0) is 39.0 Å². The van der Waals surface area contributed by atoms with Crippen LogP contribution in [0.5, 0.6) is 0 Å². The van der Waals surface area contributed by atoms with Gasteiger partial charge in [-0.1, -0.05) is 18.6 Å². The molecule has 3 nitrogen and oxygen atoms in total. The number of methoxy groups -OCH3 is 2. The Balaban J connectivity index is 3.37. The summed E-state index contributed by atoms with van der Waals surface area (Å²) in [6.45, 7) is 1.97. The molecule has 0 amide bonds. The molecule has 0 atom stereocenters. The maximum absolute atomic E-state index is 10.1. The maximum atomic E-state index is 10.1. The number of allylic oxidation sites excluding steroid dienone is 2. The molecule has 0 rings (SSSR count). The maximum Gasteiger partial charge on any atom is 0.164 e. The van der Waals surface area contributed by atoms with Crippen LogP contribution in [0.1, 0.15) is 58.3 Å². The molecule has 0 aromatic rings. The van der Waals surface area contributed by atoms with Gasteiger partial charge in [0.2, 0.25) is 0 Å². The lowest BCUT2D eigenvalue weighted by molar-refractivity contribution is -0.197. The van der Waals surface area contributed by atoms with Crippen LogP contribution in [0.15, 0.2) is 12.2 Å². The molecule has 0 saturated heterocycles. The second kappa shape index (κ2) is 11.4. The molecule has 0 radical (unpaired) electrons. The quantitative estimate of drug-likeness (QED) is 0.230. The zero-order chi connectivity index (χ0) is 13.7. The van der Waals surface area contributed by atoms with Crippen molar-refractivity contribution < 1.29 is 14.3 Å². The van der Waals surface area contributed by atoms with Gasteiger partial charge in [-0.25, -0.2) is 0 Å². The van der Waals surface area contributed by atoms with E-state index in [-0.39, 0.29) is 0 Å². The first-order valence-corrected chi connectivity index (χ1v) is 6.87. The minimum Gasteiger partial charge on any atom is -0.353 e. The van der Waals surface area contributed by atoms with Gasteiger partial charge < -0.3 is 14.3 Å². The van der Waals surface area contributed by atoms with E-state index in [9.17, 15) is 4.79 Å². The fourth-order valence-electron chi connectivity index (χ4n) is 1.73. The molecule has 0 aliphatic rings. The van der Waals surface area contributed by atoms with Gasteiger partial charge in [0.15, 0.2) is 5.79 Å². The van der Waals surface area contributed by atoms with Crippen molar-refractivity contribution in [2.75, 3.05) is 14.2 Å². The first kappa shape index (κ1) is 17.3. The van der Waals surface area contributed by atoms with Crippen LogP contribution < -0.4 is 0 Å². The zero-order valence-corrected chi connectivity index (χ0v) is 12.1. The fraction of sp³-hybridized carbons (Fsp3) is 0.800. The largest absolute Gasteiger partial charge is 0.353 e. The summed E-state index contributed by atoms with van der Waals surface area (Å²) in [4.78, 5) is 10.1. The minimum atomic E-state index is -0.426. The van der Waals surface area contributed by atoms with E-state index in [1.54, 1.807) is 14.2 Å². The number of hydrogen-bond acceptors (Lipinski definition) is 3. The zero-order valence-electron chi connectivity index (χ0n) is 12.1. The molecule has 0 aliphatic carbocycles. The van der Waals surface area contributed by atoms with E-state index >= 15 is 0 Å². The SMILES string of the molecule is COC(C)(CCCCC/C=C\CCCC=O)OC. The summed E-state index contributed by atoms with van der Waals surface area (Å²) in [5.41, 5.74) is 0. The highest BCUT2D eigenvalue weighted by Gasteiger charge is 2.21. The molecule has 0 fully saturated rings. The van der Waals surface area contributed by atoms with Crippen molar-refractivity contribution in [1.82, 2.24) is 0 Å². The van der Waals surface area contributed by atoms with Gasteiger partial charge in [-0.3, -0.25) is 0 Å². The predicted molar refractivity (Wildman–Crippen MR) is 74.6 cm³/mol. The lowest BCUT2D eigenvalue weighted by Crippen LogP contribution is -2.29. The molecule has 0 aromatic carbocycles. The normalized spacial score (nSPS) is 12.2. The highest BCUT2D eigenvalue weighted by molar-refractivity contribution is 5.48. The van der Waals surface area contributed by atoms with E-state index in [1.165, 1.54) is 12.8 Å². The van der Waals surface area contributed by atoms with E-state index in [0.717, 1.165) is 38.4 Å². The lowest BCUT2D eigenvalue weighted by atomic mass is 10.1. The predicted octanol–water partition coefficient (Wildman–Crippen LogP) is 3.87. The highest BCUT2D eigenvalue weighted by atomic mass is 16.7. The van der Waals surface area contributed by atoms with Crippen molar-refractivity contribution in [3.8, 4) is 0 Å². The number of rotatable bonds is 12. The third-order valence-corrected chi connectivity index (χ3v) is 3.22. The molecule has 0 aliphatic heterocycles. The van der Waals surface area contributed by atoms with E-state index < -0.39 is 5.79 Å². The Labute approximate surface area is 112 Å². The average Bonchev–Trinajstić information content (AvgIpc) is 2.40. The molecule has 0 saturated carbocycles.